The molecular weight excluding hydrogens is 329 g/mol. The highest BCUT2D eigenvalue weighted by Gasteiger charge is 2.13. The van der Waals surface area contributed by atoms with Gasteiger partial charge in [0.15, 0.2) is 0 Å². The Bertz CT molecular complexity index is 559. The van der Waals surface area contributed by atoms with E-state index in [9.17, 15) is 4.39 Å². The highest BCUT2D eigenvalue weighted by atomic mass is 79.9. The molecule has 1 aromatic carbocycles. The number of hydrazine groups is 1. The van der Waals surface area contributed by atoms with Crippen LogP contribution < -0.4 is 11.3 Å². The topological polar surface area (TPSA) is 50.9 Å². The summed E-state index contributed by atoms with van der Waals surface area (Å²) >= 11 is 4.96. The first kappa shape index (κ1) is 14.6. The van der Waals surface area contributed by atoms with Crippen LogP contribution in [-0.2, 0) is 12.8 Å². The monoisotopic (exact) mass is 343 g/mol. The predicted molar refractivity (Wildman–Crippen MR) is 79.5 cm³/mol. The lowest BCUT2D eigenvalue weighted by atomic mass is 10.0. The Kier molecular flexibility index (Phi) is 5.04. The van der Waals surface area contributed by atoms with Crippen LogP contribution in [0.25, 0.3) is 0 Å². The molecule has 0 amide bonds. The second kappa shape index (κ2) is 6.56. The molecule has 2 rings (SSSR count). The Morgan fingerprint density at radius 3 is 2.89 bits per heavy atom. The van der Waals surface area contributed by atoms with E-state index in [4.69, 9.17) is 5.84 Å². The molecule has 1 atom stereocenters. The summed E-state index contributed by atoms with van der Waals surface area (Å²) in [5.74, 6) is 5.34. The van der Waals surface area contributed by atoms with Crippen molar-refractivity contribution in [3.63, 3.8) is 0 Å². The molecule has 0 spiro atoms. The maximum absolute atomic E-state index is 13.7. The predicted octanol–water partition coefficient (Wildman–Crippen LogP) is 2.97. The van der Waals surface area contributed by atoms with Gasteiger partial charge >= 0.3 is 0 Å². The first-order valence-electron chi connectivity index (χ1n) is 5.89. The zero-order valence-electron chi connectivity index (χ0n) is 10.5. The number of hydrogen-bond acceptors (Lipinski definition) is 4. The average Bonchev–Trinajstić information content (AvgIpc) is 2.78. The van der Waals surface area contributed by atoms with Crippen molar-refractivity contribution in [1.82, 2.24) is 10.4 Å². The first-order valence-corrected chi connectivity index (χ1v) is 7.57. The molecule has 1 unspecified atom stereocenters. The number of nitrogens with zero attached hydrogens (tertiary/aromatic N) is 1. The van der Waals surface area contributed by atoms with Crippen molar-refractivity contribution in [2.24, 2.45) is 5.84 Å². The van der Waals surface area contributed by atoms with Gasteiger partial charge in [-0.1, -0.05) is 15.9 Å². The number of benzene rings is 1. The largest absolute Gasteiger partial charge is 0.271 e. The van der Waals surface area contributed by atoms with Crippen molar-refractivity contribution in [3.8, 4) is 0 Å². The van der Waals surface area contributed by atoms with Crippen LogP contribution in [0.1, 0.15) is 16.3 Å². The Balaban J connectivity index is 2.08. The molecule has 0 aliphatic heterocycles. The van der Waals surface area contributed by atoms with Crippen molar-refractivity contribution in [3.05, 3.63) is 50.1 Å². The van der Waals surface area contributed by atoms with Gasteiger partial charge < -0.3 is 0 Å². The van der Waals surface area contributed by atoms with E-state index in [0.717, 1.165) is 15.2 Å². The Morgan fingerprint density at radius 2 is 2.26 bits per heavy atom. The van der Waals surface area contributed by atoms with Crippen LogP contribution in [-0.4, -0.2) is 11.0 Å². The molecule has 0 saturated carbocycles. The first-order chi connectivity index (χ1) is 9.08. The van der Waals surface area contributed by atoms with E-state index in [1.165, 1.54) is 6.07 Å². The van der Waals surface area contributed by atoms with Crippen LogP contribution in [0.5, 0.6) is 0 Å². The van der Waals surface area contributed by atoms with Gasteiger partial charge in [0.1, 0.15) is 5.82 Å². The molecule has 3 N–H and O–H groups in total. The van der Waals surface area contributed by atoms with E-state index in [1.54, 1.807) is 23.5 Å². The number of thiazole rings is 1. The molecule has 0 saturated heterocycles. The fourth-order valence-corrected chi connectivity index (χ4v) is 2.94. The second-order valence-electron chi connectivity index (χ2n) is 4.37. The molecule has 102 valence electrons. The highest BCUT2D eigenvalue weighted by Crippen LogP contribution is 2.18. The van der Waals surface area contributed by atoms with Crippen molar-refractivity contribution in [1.29, 1.82) is 0 Å². The molecule has 0 radical (unpaired) electrons. The molecule has 1 heterocycles. The van der Waals surface area contributed by atoms with Crippen LogP contribution in [0.15, 0.2) is 28.1 Å². The summed E-state index contributed by atoms with van der Waals surface area (Å²) in [4.78, 5) is 4.40. The Labute approximate surface area is 124 Å². The molecule has 2 aromatic rings. The lowest BCUT2D eigenvalue weighted by Crippen LogP contribution is -2.38. The summed E-state index contributed by atoms with van der Waals surface area (Å²) in [6.45, 7) is 1.97. The van der Waals surface area contributed by atoms with Crippen LogP contribution in [0.3, 0.4) is 0 Å². The average molecular weight is 344 g/mol. The van der Waals surface area contributed by atoms with Crippen LogP contribution in [0.4, 0.5) is 4.39 Å². The summed E-state index contributed by atoms with van der Waals surface area (Å²) < 4.78 is 14.6. The number of rotatable bonds is 5. The number of aromatic nitrogens is 1. The summed E-state index contributed by atoms with van der Waals surface area (Å²) in [7, 11) is 0. The third-order valence-corrected chi connectivity index (χ3v) is 4.15. The quantitative estimate of drug-likeness (QED) is 0.648. The van der Waals surface area contributed by atoms with Gasteiger partial charge in [0, 0.05) is 22.3 Å². The van der Waals surface area contributed by atoms with Gasteiger partial charge in [-0.15, -0.1) is 11.3 Å². The third-order valence-electron chi connectivity index (χ3n) is 2.83. The molecule has 0 aliphatic carbocycles. The minimum absolute atomic E-state index is 0.0368. The van der Waals surface area contributed by atoms with E-state index >= 15 is 0 Å². The third kappa shape index (κ3) is 4.07. The lowest BCUT2D eigenvalue weighted by molar-refractivity contribution is 0.503. The molecule has 0 aliphatic rings. The minimum Gasteiger partial charge on any atom is -0.271 e. The van der Waals surface area contributed by atoms with Crippen LogP contribution >= 0.6 is 27.3 Å². The van der Waals surface area contributed by atoms with Crippen molar-refractivity contribution in [2.45, 2.75) is 25.8 Å². The van der Waals surface area contributed by atoms with E-state index in [-0.39, 0.29) is 11.9 Å². The Morgan fingerprint density at radius 1 is 1.47 bits per heavy atom. The summed E-state index contributed by atoms with van der Waals surface area (Å²) in [5, 5.41) is 3.04. The molecule has 1 aromatic heterocycles. The number of nitrogens with two attached hydrogens (primary N) is 1. The van der Waals surface area contributed by atoms with Gasteiger partial charge in [0.2, 0.25) is 0 Å². The van der Waals surface area contributed by atoms with Gasteiger partial charge in [-0.25, -0.2) is 9.37 Å². The maximum atomic E-state index is 13.7. The maximum Gasteiger partial charge on any atom is 0.126 e. The van der Waals surface area contributed by atoms with E-state index < -0.39 is 0 Å². The fraction of sp³-hybridized carbons (Fsp3) is 0.308. The lowest BCUT2D eigenvalue weighted by Gasteiger charge is -2.15. The van der Waals surface area contributed by atoms with E-state index in [1.807, 2.05) is 12.3 Å². The normalized spacial score (nSPS) is 12.6. The summed E-state index contributed by atoms with van der Waals surface area (Å²) in [5.41, 5.74) is 4.37. The number of aryl methyl sites for hydroxylation is 1. The van der Waals surface area contributed by atoms with Gasteiger partial charge in [0.05, 0.1) is 10.7 Å². The molecular formula is C13H15BrFN3S. The SMILES string of the molecule is Cc1nc(CC(Cc2cc(Br)ccc2F)NN)cs1. The molecule has 0 bridgehead atoms. The van der Waals surface area contributed by atoms with Crippen LogP contribution in [0, 0.1) is 12.7 Å². The van der Waals surface area contributed by atoms with Gasteiger partial charge in [0.25, 0.3) is 0 Å². The fourth-order valence-electron chi connectivity index (χ4n) is 1.91. The van der Waals surface area contributed by atoms with Crippen molar-refractivity contribution < 1.29 is 4.39 Å². The van der Waals surface area contributed by atoms with Gasteiger partial charge in [-0.3, -0.25) is 11.3 Å². The van der Waals surface area contributed by atoms with Gasteiger partial charge in [-0.05, 0) is 37.1 Å². The van der Waals surface area contributed by atoms with Crippen molar-refractivity contribution in [2.75, 3.05) is 0 Å². The Hall–Kier alpha value is -0.820. The zero-order valence-corrected chi connectivity index (χ0v) is 12.9. The molecule has 6 heteroatoms. The molecule has 19 heavy (non-hydrogen) atoms. The van der Waals surface area contributed by atoms with Gasteiger partial charge in [-0.2, -0.15) is 0 Å². The molecule has 0 fully saturated rings. The number of halogens is 2. The zero-order chi connectivity index (χ0) is 13.8. The summed E-state index contributed by atoms with van der Waals surface area (Å²) in [6, 6.07) is 4.89. The standard InChI is InChI=1S/C13H15BrFN3S/c1-8-17-12(7-19-8)6-11(18-16)5-9-4-10(14)2-3-13(9)15/h2-4,7,11,18H,5-6,16H2,1H3. The second-order valence-corrected chi connectivity index (χ2v) is 6.34. The van der Waals surface area contributed by atoms with E-state index in [2.05, 4.69) is 26.3 Å². The molecule has 3 nitrogen and oxygen atoms in total. The highest BCUT2D eigenvalue weighted by molar-refractivity contribution is 9.10. The van der Waals surface area contributed by atoms with E-state index in [0.29, 0.717) is 18.4 Å². The number of nitrogens with one attached hydrogen (secondary N) is 1. The van der Waals surface area contributed by atoms with Crippen LogP contribution in [0.2, 0.25) is 0 Å². The number of hydrogen-bond donors (Lipinski definition) is 2. The summed E-state index contributed by atoms with van der Waals surface area (Å²) in [6.07, 6.45) is 1.21. The van der Waals surface area contributed by atoms with Crippen molar-refractivity contribution >= 4 is 27.3 Å². The smallest absolute Gasteiger partial charge is 0.126 e. The minimum atomic E-state index is -0.210.